The zero-order chi connectivity index (χ0) is 26.9. The first kappa shape index (κ1) is 26.5. The van der Waals surface area contributed by atoms with Crippen molar-refractivity contribution in [1.29, 1.82) is 0 Å². The lowest BCUT2D eigenvalue weighted by Gasteiger charge is -2.49. The Morgan fingerprint density at radius 2 is 2.05 bits per heavy atom. The minimum absolute atomic E-state index is 0.00259. The molecule has 0 saturated carbocycles. The van der Waals surface area contributed by atoms with Gasteiger partial charge in [0.1, 0.15) is 23.7 Å². The highest BCUT2D eigenvalue weighted by molar-refractivity contribution is 8.00. The highest BCUT2D eigenvalue weighted by Crippen LogP contribution is 2.40. The van der Waals surface area contributed by atoms with E-state index in [1.54, 1.807) is 6.92 Å². The first-order valence-corrected chi connectivity index (χ1v) is 13.3. The van der Waals surface area contributed by atoms with Crippen LogP contribution in [0, 0.1) is 0 Å². The number of oxime groups is 1. The number of carboxylic acids is 1. The maximum atomic E-state index is 13.0. The lowest BCUT2D eigenvalue weighted by Crippen LogP contribution is -2.71. The number of aliphatic carboxylic acids is 1. The van der Waals surface area contributed by atoms with E-state index in [1.165, 1.54) is 16.7 Å². The van der Waals surface area contributed by atoms with Crippen LogP contribution in [0.15, 0.2) is 41.0 Å². The number of nitrogens with two attached hydrogens (primary N) is 1. The summed E-state index contributed by atoms with van der Waals surface area (Å²) in [7, 11) is 0. The fourth-order valence-electron chi connectivity index (χ4n) is 3.94. The van der Waals surface area contributed by atoms with Crippen molar-refractivity contribution in [2.24, 2.45) is 5.16 Å². The number of amides is 2. The molecular formula is C23H28N7O5S2+. The van der Waals surface area contributed by atoms with Gasteiger partial charge in [0, 0.05) is 35.0 Å². The summed E-state index contributed by atoms with van der Waals surface area (Å²) < 4.78 is 5.88. The maximum Gasteiger partial charge on any atom is 0.352 e. The Balaban J connectivity index is 1.52. The zero-order valence-electron chi connectivity index (χ0n) is 20.8. The van der Waals surface area contributed by atoms with Gasteiger partial charge in [0.25, 0.3) is 11.8 Å². The summed E-state index contributed by atoms with van der Waals surface area (Å²) in [6.45, 7) is 8.59. The molecular weight excluding hydrogens is 518 g/mol. The van der Waals surface area contributed by atoms with Gasteiger partial charge in [-0.1, -0.05) is 25.9 Å². The summed E-state index contributed by atoms with van der Waals surface area (Å²) in [6.07, 6.45) is 3.81. The number of carboxylic acid groups (broad SMARTS) is 1. The van der Waals surface area contributed by atoms with Crippen LogP contribution in [0.5, 0.6) is 0 Å². The van der Waals surface area contributed by atoms with Gasteiger partial charge in [-0.05, 0) is 17.9 Å². The average Bonchev–Trinajstić information content (AvgIpc) is 3.27. The van der Waals surface area contributed by atoms with E-state index in [-0.39, 0.29) is 34.4 Å². The van der Waals surface area contributed by atoms with Crippen molar-refractivity contribution < 1.29 is 28.9 Å². The van der Waals surface area contributed by atoms with Gasteiger partial charge in [0.15, 0.2) is 24.1 Å². The summed E-state index contributed by atoms with van der Waals surface area (Å²) in [6, 6.07) is 3.08. The number of hydrogen-bond donors (Lipinski definition) is 3. The first-order chi connectivity index (χ1) is 17.5. The Bertz CT molecular complexity index is 1280. The Morgan fingerprint density at radius 1 is 1.35 bits per heavy atom. The second kappa shape index (κ2) is 10.5. The minimum Gasteiger partial charge on any atom is -0.477 e. The average molecular weight is 547 g/mol. The van der Waals surface area contributed by atoms with Gasteiger partial charge < -0.3 is 21.0 Å². The van der Waals surface area contributed by atoms with E-state index >= 15 is 0 Å². The number of rotatable bonds is 8. The third kappa shape index (κ3) is 5.44. The molecule has 196 valence electrons. The Morgan fingerprint density at radius 3 is 2.62 bits per heavy atom. The summed E-state index contributed by atoms with van der Waals surface area (Å²) in [4.78, 5) is 48.4. The molecule has 0 aromatic carbocycles. The molecule has 2 aromatic heterocycles. The van der Waals surface area contributed by atoms with Gasteiger partial charge in [-0.25, -0.2) is 9.36 Å². The van der Waals surface area contributed by atoms with Crippen LogP contribution in [0.2, 0.25) is 0 Å². The van der Waals surface area contributed by atoms with Crippen molar-refractivity contribution in [3.8, 4) is 0 Å². The van der Waals surface area contributed by atoms with Crippen LogP contribution in [0.4, 0.5) is 5.13 Å². The van der Waals surface area contributed by atoms with E-state index in [0.717, 1.165) is 17.1 Å². The molecule has 4 rings (SSSR count). The fraction of sp³-hybridized carbons (Fsp3) is 0.435. The number of β-lactam (4-membered cyclic amide) rings is 1. The molecule has 37 heavy (non-hydrogen) atoms. The summed E-state index contributed by atoms with van der Waals surface area (Å²) in [5.74, 6) is -2.05. The highest BCUT2D eigenvalue weighted by atomic mass is 32.2. The number of aromatic nitrogens is 3. The SMILES string of the molecule is CCON=C(C(=O)NC1C(=O)N2C(C(=O)O)=C(C[n+]3ccc(C(C)(C)C)cc3)CS[C@@H]12)c1nsc(N)n1. The molecule has 0 spiro atoms. The number of carbonyl (C=O) groups is 3. The molecule has 2 aromatic rings. The second-order valence-electron chi connectivity index (χ2n) is 9.44. The van der Waals surface area contributed by atoms with Gasteiger partial charge in [-0.3, -0.25) is 14.5 Å². The van der Waals surface area contributed by atoms with Crippen molar-refractivity contribution in [3.63, 3.8) is 0 Å². The number of nitrogens with one attached hydrogen (secondary N) is 1. The number of carbonyl (C=O) groups excluding carboxylic acids is 2. The van der Waals surface area contributed by atoms with Gasteiger partial charge in [0.2, 0.25) is 11.5 Å². The third-order valence-electron chi connectivity index (χ3n) is 5.82. The predicted octanol–water partition coefficient (Wildman–Crippen LogP) is 0.885. The standard InChI is InChI=1S/C23H27N7O5S2/c1-5-35-27-14(17-26-22(24)37-28-17)18(31)25-15-19(32)30-16(21(33)34)12(11-36-20(15)30)10-29-8-6-13(7-9-29)23(2,3)4/h6-9,15,20H,5,10-11H2,1-4H3,(H3-,24,25,26,28,31,33,34)/p+1/t15?,20-/m0/s1. The number of thioether (sulfide) groups is 1. The molecule has 1 saturated heterocycles. The van der Waals surface area contributed by atoms with E-state index in [2.05, 4.69) is 40.6 Å². The van der Waals surface area contributed by atoms with E-state index in [1.807, 2.05) is 29.1 Å². The largest absolute Gasteiger partial charge is 0.477 e. The number of fused-ring (bicyclic) bond motifs is 1. The highest BCUT2D eigenvalue weighted by Gasteiger charge is 2.54. The van der Waals surface area contributed by atoms with Crippen molar-refractivity contribution in [2.45, 2.75) is 51.1 Å². The summed E-state index contributed by atoms with van der Waals surface area (Å²) >= 11 is 2.28. The summed E-state index contributed by atoms with van der Waals surface area (Å²) in [5.41, 5.74) is 7.12. The van der Waals surface area contributed by atoms with Crippen LogP contribution < -0.4 is 15.6 Å². The fourth-order valence-corrected chi connectivity index (χ4v) is 5.71. The molecule has 2 aliphatic rings. The zero-order valence-corrected chi connectivity index (χ0v) is 22.4. The lowest BCUT2D eigenvalue weighted by atomic mass is 9.88. The van der Waals surface area contributed by atoms with Gasteiger partial charge in [-0.2, -0.15) is 9.36 Å². The van der Waals surface area contributed by atoms with Crippen LogP contribution in [0.3, 0.4) is 0 Å². The topological polar surface area (TPSA) is 164 Å². The minimum atomic E-state index is -1.19. The smallest absolute Gasteiger partial charge is 0.352 e. The number of pyridine rings is 1. The van der Waals surface area contributed by atoms with Gasteiger partial charge in [0.05, 0.1) is 0 Å². The predicted molar refractivity (Wildman–Crippen MR) is 138 cm³/mol. The molecule has 4 heterocycles. The normalized spacial score (nSPS) is 19.8. The quantitative estimate of drug-likeness (QED) is 0.189. The molecule has 1 fully saturated rings. The first-order valence-electron chi connectivity index (χ1n) is 11.5. The maximum absolute atomic E-state index is 13.0. The van der Waals surface area contributed by atoms with Gasteiger partial charge >= 0.3 is 5.97 Å². The van der Waals surface area contributed by atoms with E-state index in [0.29, 0.717) is 17.9 Å². The van der Waals surface area contributed by atoms with E-state index < -0.39 is 29.2 Å². The lowest BCUT2D eigenvalue weighted by molar-refractivity contribution is -0.689. The van der Waals surface area contributed by atoms with Crippen molar-refractivity contribution in [3.05, 3.63) is 47.2 Å². The number of nitrogens with zero attached hydrogens (tertiary/aromatic N) is 5. The van der Waals surface area contributed by atoms with Crippen LogP contribution >= 0.6 is 23.3 Å². The Kier molecular flexibility index (Phi) is 7.50. The molecule has 14 heteroatoms. The molecule has 1 unspecified atom stereocenters. The monoisotopic (exact) mass is 546 g/mol. The van der Waals surface area contributed by atoms with Crippen molar-refractivity contribution in [1.82, 2.24) is 19.6 Å². The van der Waals surface area contributed by atoms with Crippen molar-refractivity contribution in [2.75, 3.05) is 18.1 Å². The van der Waals surface area contributed by atoms with E-state index in [4.69, 9.17) is 10.6 Å². The summed E-state index contributed by atoms with van der Waals surface area (Å²) in [5, 5.41) is 16.0. The molecule has 2 amide bonds. The second-order valence-corrected chi connectivity index (χ2v) is 11.3. The molecule has 0 aliphatic carbocycles. The number of nitrogen functional groups attached to an aromatic ring is 1. The molecule has 0 bridgehead atoms. The third-order valence-corrected chi connectivity index (χ3v) is 7.70. The number of hydrogen-bond acceptors (Lipinski definition) is 10. The van der Waals surface area contributed by atoms with E-state index in [9.17, 15) is 19.5 Å². The Labute approximate surface area is 221 Å². The Hall–Kier alpha value is -3.52. The molecule has 2 atom stereocenters. The molecule has 12 nitrogen and oxygen atoms in total. The molecule has 2 aliphatic heterocycles. The number of anilines is 1. The van der Waals surface area contributed by atoms with Gasteiger partial charge in [-0.15, -0.1) is 11.8 Å². The van der Waals surface area contributed by atoms with Crippen LogP contribution in [-0.4, -0.2) is 66.6 Å². The molecule has 4 N–H and O–H groups in total. The van der Waals surface area contributed by atoms with Crippen LogP contribution in [-0.2, 0) is 31.2 Å². The van der Waals surface area contributed by atoms with Crippen LogP contribution in [0.1, 0.15) is 39.1 Å². The van der Waals surface area contributed by atoms with Crippen molar-refractivity contribution >= 4 is 51.9 Å². The molecule has 0 radical (unpaired) electrons. The van der Waals surface area contributed by atoms with Crippen LogP contribution in [0.25, 0.3) is 0 Å².